The molecule has 0 heterocycles. The summed E-state index contributed by atoms with van der Waals surface area (Å²) in [6.07, 6.45) is 9.66. The van der Waals surface area contributed by atoms with Crippen molar-refractivity contribution in [2.24, 2.45) is 11.3 Å². The minimum Gasteiger partial charge on any atom is -0.352 e. The lowest BCUT2D eigenvalue weighted by molar-refractivity contribution is -0.116. The number of allylic oxidation sites excluding steroid dienone is 1. The fourth-order valence-corrected chi connectivity index (χ4v) is 2.41. The van der Waals surface area contributed by atoms with E-state index in [4.69, 9.17) is 0 Å². The van der Waals surface area contributed by atoms with Crippen LogP contribution < -0.4 is 5.32 Å². The van der Waals surface area contributed by atoms with Crippen molar-refractivity contribution in [3.8, 4) is 0 Å². The van der Waals surface area contributed by atoms with Gasteiger partial charge in [-0.3, -0.25) is 4.79 Å². The van der Waals surface area contributed by atoms with Crippen LogP contribution in [-0.4, -0.2) is 12.5 Å². The number of carbonyl (C=O) groups excluding carboxylic acids is 1. The van der Waals surface area contributed by atoms with Gasteiger partial charge < -0.3 is 5.32 Å². The molecule has 13 heavy (non-hydrogen) atoms. The Bertz CT molecular complexity index is 269. The van der Waals surface area contributed by atoms with Crippen LogP contribution in [0, 0.1) is 11.3 Å². The Labute approximate surface area is 78.7 Å². The number of nitrogens with one attached hydrogen (secondary N) is 1. The van der Waals surface area contributed by atoms with Crippen LogP contribution in [-0.2, 0) is 4.79 Å². The fraction of sp³-hybridized carbons (Fsp3) is 0.545. The maximum Gasteiger partial charge on any atom is 0.243 e. The van der Waals surface area contributed by atoms with E-state index in [1.807, 2.05) is 0 Å². The quantitative estimate of drug-likeness (QED) is 0.515. The van der Waals surface area contributed by atoms with Gasteiger partial charge in [-0.05, 0) is 31.3 Å². The summed E-state index contributed by atoms with van der Waals surface area (Å²) in [5.74, 6) is 0.721. The van der Waals surface area contributed by atoms with E-state index in [0.717, 1.165) is 12.5 Å². The van der Waals surface area contributed by atoms with E-state index in [0.29, 0.717) is 0 Å². The minimum absolute atomic E-state index is 0.0573. The highest BCUT2D eigenvalue weighted by molar-refractivity contribution is 5.86. The summed E-state index contributed by atoms with van der Waals surface area (Å²) in [4.78, 5) is 11.0. The second kappa shape index (κ2) is 3.02. The zero-order valence-corrected chi connectivity index (χ0v) is 7.75. The van der Waals surface area contributed by atoms with E-state index in [9.17, 15) is 4.79 Å². The third kappa shape index (κ3) is 1.53. The molecule has 70 valence electrons. The Kier molecular flexibility index (Phi) is 1.98. The van der Waals surface area contributed by atoms with Crippen molar-refractivity contribution in [2.75, 3.05) is 6.54 Å². The summed E-state index contributed by atoms with van der Waals surface area (Å²) in [7, 11) is 0. The molecule has 0 spiro atoms. The van der Waals surface area contributed by atoms with Crippen molar-refractivity contribution >= 4 is 5.91 Å². The summed E-state index contributed by atoms with van der Waals surface area (Å²) >= 11 is 0. The molecule has 0 aromatic heterocycles. The SMILES string of the molecule is C=CC(=O)NCC12C=CC(CC1)C2. The van der Waals surface area contributed by atoms with Gasteiger partial charge in [0.05, 0.1) is 0 Å². The topological polar surface area (TPSA) is 29.1 Å². The molecule has 2 bridgehead atoms. The highest BCUT2D eigenvalue weighted by Gasteiger charge is 2.40. The molecule has 2 aliphatic rings. The molecular formula is C11H15NO. The first-order valence-corrected chi connectivity index (χ1v) is 4.84. The predicted octanol–water partition coefficient (Wildman–Crippen LogP) is 1.64. The van der Waals surface area contributed by atoms with E-state index >= 15 is 0 Å². The third-order valence-electron chi connectivity index (χ3n) is 3.20. The van der Waals surface area contributed by atoms with Crippen molar-refractivity contribution in [2.45, 2.75) is 19.3 Å². The van der Waals surface area contributed by atoms with Crippen LogP contribution in [0.5, 0.6) is 0 Å². The highest BCUT2D eigenvalue weighted by atomic mass is 16.1. The Morgan fingerprint density at radius 3 is 3.08 bits per heavy atom. The Balaban J connectivity index is 1.91. The number of fused-ring (bicyclic) bond motifs is 2. The van der Waals surface area contributed by atoms with Crippen LogP contribution in [0.15, 0.2) is 24.8 Å². The van der Waals surface area contributed by atoms with Crippen LogP contribution in [0.1, 0.15) is 19.3 Å². The normalized spacial score (nSPS) is 34.9. The standard InChI is InChI=1S/C11H15NO/c1-2-10(13)12-8-11-5-3-9(7-11)4-6-11/h2-3,5,9H,1,4,6-8H2,(H,12,13). The third-order valence-corrected chi connectivity index (χ3v) is 3.20. The molecule has 0 aromatic rings. The first kappa shape index (κ1) is 8.54. The number of rotatable bonds is 3. The smallest absolute Gasteiger partial charge is 0.243 e. The summed E-state index contributed by atoms with van der Waals surface area (Å²) < 4.78 is 0. The molecule has 1 amide bonds. The van der Waals surface area contributed by atoms with Crippen LogP contribution in [0.4, 0.5) is 0 Å². The average molecular weight is 177 g/mol. The van der Waals surface area contributed by atoms with Crippen molar-refractivity contribution < 1.29 is 4.79 Å². The van der Waals surface area contributed by atoms with Crippen molar-refractivity contribution in [1.82, 2.24) is 5.32 Å². The predicted molar refractivity (Wildman–Crippen MR) is 52.1 cm³/mol. The molecule has 2 heteroatoms. The van der Waals surface area contributed by atoms with Crippen LogP contribution in [0.3, 0.4) is 0 Å². The van der Waals surface area contributed by atoms with Gasteiger partial charge in [-0.2, -0.15) is 0 Å². The molecule has 2 aliphatic carbocycles. The summed E-state index contributed by atoms with van der Waals surface area (Å²) in [6, 6.07) is 0. The maximum atomic E-state index is 11.0. The Morgan fingerprint density at radius 2 is 2.62 bits per heavy atom. The molecule has 2 rings (SSSR count). The molecule has 0 radical (unpaired) electrons. The van der Waals surface area contributed by atoms with Gasteiger partial charge in [0.2, 0.25) is 5.91 Å². The number of hydrogen-bond acceptors (Lipinski definition) is 1. The molecule has 1 N–H and O–H groups in total. The lowest BCUT2D eigenvalue weighted by atomic mass is 9.88. The number of amides is 1. The van der Waals surface area contributed by atoms with Crippen molar-refractivity contribution in [1.29, 1.82) is 0 Å². The Morgan fingerprint density at radius 1 is 1.77 bits per heavy atom. The largest absolute Gasteiger partial charge is 0.352 e. The molecular weight excluding hydrogens is 162 g/mol. The lowest BCUT2D eigenvalue weighted by Crippen LogP contribution is -2.33. The highest BCUT2D eigenvalue weighted by Crippen LogP contribution is 2.48. The minimum atomic E-state index is -0.0573. The summed E-state index contributed by atoms with van der Waals surface area (Å²) in [5, 5.41) is 2.88. The fourth-order valence-electron chi connectivity index (χ4n) is 2.41. The van der Waals surface area contributed by atoms with Gasteiger partial charge in [0, 0.05) is 12.0 Å². The van der Waals surface area contributed by atoms with Gasteiger partial charge in [-0.25, -0.2) is 0 Å². The molecule has 1 saturated carbocycles. The first-order valence-electron chi connectivity index (χ1n) is 4.84. The molecule has 2 unspecified atom stereocenters. The van der Waals surface area contributed by atoms with Crippen LogP contribution in [0.25, 0.3) is 0 Å². The van der Waals surface area contributed by atoms with E-state index < -0.39 is 0 Å². The van der Waals surface area contributed by atoms with E-state index in [2.05, 4.69) is 24.0 Å². The van der Waals surface area contributed by atoms with Crippen LogP contribution in [0.2, 0.25) is 0 Å². The maximum absolute atomic E-state index is 11.0. The van der Waals surface area contributed by atoms with Gasteiger partial charge in [-0.15, -0.1) is 0 Å². The van der Waals surface area contributed by atoms with Gasteiger partial charge in [0.25, 0.3) is 0 Å². The van der Waals surface area contributed by atoms with Gasteiger partial charge in [0.15, 0.2) is 0 Å². The van der Waals surface area contributed by atoms with Crippen molar-refractivity contribution in [3.63, 3.8) is 0 Å². The number of hydrogen-bond donors (Lipinski definition) is 1. The first-order chi connectivity index (χ1) is 6.24. The summed E-state index contributed by atoms with van der Waals surface area (Å²) in [6.45, 7) is 4.22. The molecule has 2 atom stereocenters. The zero-order chi connectivity index (χ0) is 9.31. The lowest BCUT2D eigenvalue weighted by Gasteiger charge is -2.23. The monoisotopic (exact) mass is 177 g/mol. The average Bonchev–Trinajstić information content (AvgIpc) is 2.74. The van der Waals surface area contributed by atoms with E-state index in [1.54, 1.807) is 0 Å². The summed E-state index contributed by atoms with van der Waals surface area (Å²) in [5.41, 5.74) is 0.281. The number of carbonyl (C=O) groups is 1. The second-order valence-corrected chi connectivity index (χ2v) is 4.15. The van der Waals surface area contributed by atoms with E-state index in [-0.39, 0.29) is 11.3 Å². The van der Waals surface area contributed by atoms with Crippen LogP contribution >= 0.6 is 0 Å². The zero-order valence-electron chi connectivity index (χ0n) is 7.75. The molecule has 1 fully saturated rings. The van der Waals surface area contributed by atoms with Gasteiger partial charge in [0.1, 0.15) is 0 Å². The molecule has 0 saturated heterocycles. The molecule has 2 nitrogen and oxygen atoms in total. The Hall–Kier alpha value is -1.05. The van der Waals surface area contributed by atoms with Gasteiger partial charge in [-0.1, -0.05) is 18.7 Å². The van der Waals surface area contributed by atoms with Crippen molar-refractivity contribution in [3.05, 3.63) is 24.8 Å². The molecule has 0 aliphatic heterocycles. The van der Waals surface area contributed by atoms with E-state index in [1.165, 1.54) is 25.3 Å². The second-order valence-electron chi connectivity index (χ2n) is 4.15. The van der Waals surface area contributed by atoms with Gasteiger partial charge >= 0.3 is 0 Å². The molecule has 0 aromatic carbocycles.